The Morgan fingerprint density at radius 2 is 1.77 bits per heavy atom. The van der Waals surface area contributed by atoms with Gasteiger partial charge < -0.3 is 0 Å². The van der Waals surface area contributed by atoms with Gasteiger partial charge in [0.05, 0.1) is 27.0 Å². The maximum atomic E-state index is 13.9. The van der Waals surface area contributed by atoms with E-state index in [0.717, 1.165) is 17.3 Å². The molecule has 0 aliphatic rings. The lowest BCUT2D eigenvalue weighted by atomic mass is 10.1. The molecule has 9 heteroatoms. The first-order chi connectivity index (χ1) is 14.5. The molecule has 0 spiro atoms. The van der Waals surface area contributed by atoms with Crippen LogP contribution in [0.1, 0.15) is 10.4 Å². The van der Waals surface area contributed by atoms with Gasteiger partial charge in [0, 0.05) is 18.0 Å². The van der Waals surface area contributed by atoms with Gasteiger partial charge in [0.15, 0.2) is 16.8 Å². The van der Waals surface area contributed by atoms with Crippen LogP contribution in [0, 0.1) is 5.82 Å². The van der Waals surface area contributed by atoms with Gasteiger partial charge in [0.2, 0.25) is 0 Å². The molecule has 0 atom stereocenters. The monoisotopic (exact) mass is 458 g/mol. The summed E-state index contributed by atoms with van der Waals surface area (Å²) in [4.78, 5) is 16.5. The minimum atomic E-state index is -0.550. The minimum absolute atomic E-state index is 0.00324. The molecular formula is C21H13Cl2FN4OS. The molecule has 2 aromatic heterocycles. The van der Waals surface area contributed by atoms with Gasteiger partial charge in [-0.3, -0.25) is 14.3 Å². The Balaban J connectivity index is 1.71. The van der Waals surface area contributed by atoms with E-state index in [1.165, 1.54) is 12.1 Å². The number of hydrogen-bond acceptors (Lipinski definition) is 5. The van der Waals surface area contributed by atoms with Crippen molar-refractivity contribution in [3.05, 3.63) is 88.4 Å². The number of nitrogens with zero attached hydrogens (tertiary/aromatic N) is 4. The molecule has 0 saturated carbocycles. The zero-order chi connectivity index (χ0) is 21.1. The number of pyridine rings is 1. The molecule has 2 aromatic carbocycles. The maximum Gasteiger partial charge on any atom is 0.196 e. The second-order valence-corrected chi connectivity index (χ2v) is 7.92. The van der Waals surface area contributed by atoms with Gasteiger partial charge in [0.25, 0.3) is 0 Å². The van der Waals surface area contributed by atoms with Gasteiger partial charge >= 0.3 is 0 Å². The van der Waals surface area contributed by atoms with E-state index in [2.05, 4.69) is 15.2 Å². The third-order valence-corrected chi connectivity index (χ3v) is 5.91. The predicted octanol–water partition coefficient (Wildman–Crippen LogP) is 5.75. The number of halogens is 3. The van der Waals surface area contributed by atoms with Crippen molar-refractivity contribution in [3.63, 3.8) is 0 Å². The van der Waals surface area contributed by atoms with E-state index in [9.17, 15) is 9.18 Å². The summed E-state index contributed by atoms with van der Waals surface area (Å²) in [6, 6.07) is 14.7. The fourth-order valence-electron chi connectivity index (χ4n) is 2.80. The first kappa shape index (κ1) is 20.5. The molecule has 0 aliphatic carbocycles. The summed E-state index contributed by atoms with van der Waals surface area (Å²) >= 11 is 13.4. The number of carbonyl (C=O) groups is 1. The Morgan fingerprint density at radius 1 is 1.00 bits per heavy atom. The van der Waals surface area contributed by atoms with Crippen molar-refractivity contribution in [1.29, 1.82) is 0 Å². The van der Waals surface area contributed by atoms with Crippen LogP contribution >= 0.6 is 35.0 Å². The molecule has 4 rings (SSSR count). The van der Waals surface area contributed by atoms with Crippen LogP contribution in [0.5, 0.6) is 0 Å². The van der Waals surface area contributed by atoms with Crippen LogP contribution in [0.25, 0.3) is 17.1 Å². The largest absolute Gasteiger partial charge is 0.293 e. The number of ketones is 1. The van der Waals surface area contributed by atoms with Crippen LogP contribution in [0.4, 0.5) is 4.39 Å². The maximum absolute atomic E-state index is 13.9. The van der Waals surface area contributed by atoms with E-state index < -0.39 is 5.82 Å². The van der Waals surface area contributed by atoms with Gasteiger partial charge in [-0.25, -0.2) is 4.39 Å². The molecule has 4 aromatic rings. The van der Waals surface area contributed by atoms with Gasteiger partial charge in [-0.15, -0.1) is 10.2 Å². The minimum Gasteiger partial charge on any atom is -0.293 e. The second kappa shape index (κ2) is 8.95. The third kappa shape index (κ3) is 4.23. The van der Waals surface area contributed by atoms with Crippen molar-refractivity contribution in [3.8, 4) is 17.1 Å². The highest BCUT2D eigenvalue weighted by molar-refractivity contribution is 7.99. The van der Waals surface area contributed by atoms with Crippen LogP contribution in [0.15, 0.2) is 72.1 Å². The van der Waals surface area contributed by atoms with Gasteiger partial charge in [-0.2, -0.15) is 0 Å². The molecule has 0 fully saturated rings. The molecule has 5 nitrogen and oxygen atoms in total. The lowest BCUT2D eigenvalue weighted by Gasteiger charge is -2.11. The average molecular weight is 459 g/mol. The predicted molar refractivity (Wildman–Crippen MR) is 116 cm³/mol. The molecule has 0 unspecified atom stereocenters. The van der Waals surface area contributed by atoms with Crippen molar-refractivity contribution in [2.45, 2.75) is 5.16 Å². The molecular weight excluding hydrogens is 446 g/mol. The summed E-state index contributed by atoms with van der Waals surface area (Å²) < 4.78 is 15.7. The van der Waals surface area contributed by atoms with Crippen LogP contribution in [0.3, 0.4) is 0 Å². The van der Waals surface area contributed by atoms with Crippen LogP contribution in [-0.2, 0) is 0 Å². The van der Waals surface area contributed by atoms with Crippen molar-refractivity contribution in [1.82, 2.24) is 19.7 Å². The Kier molecular flexibility index (Phi) is 6.13. The van der Waals surface area contributed by atoms with E-state index in [4.69, 9.17) is 23.2 Å². The summed E-state index contributed by atoms with van der Waals surface area (Å²) in [6.45, 7) is 0. The van der Waals surface area contributed by atoms with E-state index >= 15 is 0 Å². The molecule has 0 amide bonds. The highest BCUT2D eigenvalue weighted by Crippen LogP contribution is 2.31. The summed E-state index contributed by atoms with van der Waals surface area (Å²) in [5.41, 5.74) is 1.51. The normalized spacial score (nSPS) is 10.9. The quantitative estimate of drug-likeness (QED) is 0.272. The van der Waals surface area contributed by atoms with Gasteiger partial charge in [-0.1, -0.05) is 47.1 Å². The van der Waals surface area contributed by atoms with Gasteiger partial charge in [-0.05, 0) is 42.5 Å². The number of Topliss-reactive ketones (excluding diaryl/α,β-unsaturated/α-hetero) is 1. The zero-order valence-electron chi connectivity index (χ0n) is 15.3. The summed E-state index contributed by atoms with van der Waals surface area (Å²) in [7, 11) is 0. The zero-order valence-corrected chi connectivity index (χ0v) is 17.6. The topological polar surface area (TPSA) is 60.7 Å². The molecule has 0 N–H and O–H groups in total. The summed E-state index contributed by atoms with van der Waals surface area (Å²) in [5, 5.41) is 9.79. The number of thioether (sulfide) groups is 1. The Morgan fingerprint density at radius 3 is 2.50 bits per heavy atom. The fraction of sp³-hybridized carbons (Fsp3) is 0.0476. The van der Waals surface area contributed by atoms with Crippen molar-refractivity contribution >= 4 is 40.7 Å². The van der Waals surface area contributed by atoms with Crippen LogP contribution < -0.4 is 0 Å². The Labute approximate surface area is 185 Å². The van der Waals surface area contributed by atoms with Crippen LogP contribution in [-0.4, -0.2) is 31.3 Å². The van der Waals surface area contributed by atoms with Crippen molar-refractivity contribution in [2.24, 2.45) is 0 Å². The highest BCUT2D eigenvalue weighted by atomic mass is 35.5. The first-order valence-electron chi connectivity index (χ1n) is 8.76. The van der Waals surface area contributed by atoms with E-state index in [0.29, 0.717) is 26.7 Å². The lowest BCUT2D eigenvalue weighted by molar-refractivity contribution is 0.101. The third-order valence-electron chi connectivity index (χ3n) is 4.24. The molecule has 30 heavy (non-hydrogen) atoms. The number of rotatable bonds is 6. The fourth-order valence-corrected chi connectivity index (χ4v) is 3.93. The number of aromatic nitrogens is 4. The second-order valence-electron chi connectivity index (χ2n) is 6.17. The smallest absolute Gasteiger partial charge is 0.196 e. The molecule has 0 bridgehead atoms. The van der Waals surface area contributed by atoms with Crippen molar-refractivity contribution in [2.75, 3.05) is 5.75 Å². The van der Waals surface area contributed by atoms with Gasteiger partial charge in [0.1, 0.15) is 5.82 Å². The average Bonchev–Trinajstić information content (AvgIpc) is 3.19. The van der Waals surface area contributed by atoms with Crippen molar-refractivity contribution < 1.29 is 9.18 Å². The molecule has 0 aliphatic heterocycles. The SMILES string of the molecule is O=C(CSc1nnc(-c2ccncc2)n1-c1ccc(Cl)c(Cl)c1)c1ccccc1F. The van der Waals surface area contributed by atoms with E-state index in [1.54, 1.807) is 59.4 Å². The molecule has 2 heterocycles. The highest BCUT2D eigenvalue weighted by Gasteiger charge is 2.19. The number of carbonyl (C=O) groups excluding carboxylic acids is 1. The first-order valence-corrected chi connectivity index (χ1v) is 10.5. The molecule has 0 radical (unpaired) electrons. The summed E-state index contributed by atoms with van der Waals surface area (Å²) in [5.74, 6) is -0.341. The number of benzene rings is 2. The van der Waals surface area contributed by atoms with E-state index in [1.807, 2.05) is 0 Å². The lowest BCUT2D eigenvalue weighted by Crippen LogP contribution is -2.07. The van der Waals surface area contributed by atoms with E-state index in [-0.39, 0.29) is 17.1 Å². The number of hydrogen-bond donors (Lipinski definition) is 0. The molecule has 0 saturated heterocycles. The molecule has 150 valence electrons. The standard InChI is InChI=1S/C21H13Cl2FN4OS/c22-16-6-5-14(11-17(16)23)28-20(13-7-9-25-10-8-13)26-27-21(28)30-12-19(29)15-3-1-2-4-18(15)24/h1-11H,12H2. The Hall–Kier alpha value is -2.74. The van der Waals surface area contributed by atoms with Crippen LogP contribution in [0.2, 0.25) is 10.0 Å². The summed E-state index contributed by atoms with van der Waals surface area (Å²) in [6.07, 6.45) is 3.30. The Bertz CT molecular complexity index is 1220.